The van der Waals surface area contributed by atoms with Crippen molar-refractivity contribution in [3.63, 3.8) is 0 Å². The number of aliphatic carboxylic acids is 1. The van der Waals surface area contributed by atoms with Gasteiger partial charge in [-0.1, -0.05) is 6.07 Å². The third kappa shape index (κ3) is 5.62. The zero-order chi connectivity index (χ0) is 19.9. The highest BCUT2D eigenvalue weighted by atomic mass is 19.1. The van der Waals surface area contributed by atoms with Crippen molar-refractivity contribution in [3.8, 4) is 0 Å². The zero-order valence-corrected chi connectivity index (χ0v) is 14.0. The average Bonchev–Trinajstić information content (AvgIpc) is 3.29. The van der Waals surface area contributed by atoms with E-state index < -0.39 is 23.2 Å². The van der Waals surface area contributed by atoms with Crippen LogP contribution >= 0.6 is 0 Å². The lowest BCUT2D eigenvalue weighted by atomic mass is 9.93. The number of halogens is 2. The number of rotatable bonds is 6. The molecule has 0 spiro atoms. The number of nitrogens with two attached hydrogens (primary N) is 1. The highest BCUT2D eigenvalue weighted by molar-refractivity contribution is 5.68. The SMILES string of the molecule is NCC(=O)O.OC(Cn1cncn1)(Cn1cncn1)c1ccc(F)cc1F. The minimum Gasteiger partial charge on any atom is -0.480 e. The molecule has 0 atom stereocenters. The summed E-state index contributed by atoms with van der Waals surface area (Å²) in [6, 6.07) is 3.02. The van der Waals surface area contributed by atoms with Crippen molar-refractivity contribution in [2.45, 2.75) is 18.7 Å². The smallest absolute Gasteiger partial charge is 0.317 e. The number of aliphatic hydroxyl groups is 1. The second-order valence-electron chi connectivity index (χ2n) is 5.44. The summed E-state index contributed by atoms with van der Waals surface area (Å²) in [5, 5.41) is 26.4. The third-order valence-corrected chi connectivity index (χ3v) is 3.39. The molecule has 10 nitrogen and oxygen atoms in total. The molecule has 3 aromatic rings. The zero-order valence-electron chi connectivity index (χ0n) is 14.0. The Bertz CT molecular complexity index is 820. The molecule has 0 amide bonds. The molecule has 4 N–H and O–H groups in total. The van der Waals surface area contributed by atoms with E-state index in [0.717, 1.165) is 12.1 Å². The van der Waals surface area contributed by atoms with Gasteiger partial charge < -0.3 is 15.9 Å². The van der Waals surface area contributed by atoms with E-state index in [2.05, 4.69) is 25.9 Å². The van der Waals surface area contributed by atoms with E-state index in [0.29, 0.717) is 0 Å². The number of carbonyl (C=O) groups is 1. The molecule has 0 aliphatic heterocycles. The van der Waals surface area contributed by atoms with E-state index in [9.17, 15) is 18.7 Å². The van der Waals surface area contributed by atoms with Crippen LogP contribution in [0.1, 0.15) is 5.56 Å². The van der Waals surface area contributed by atoms with Crippen LogP contribution in [0.25, 0.3) is 0 Å². The Hall–Kier alpha value is -3.25. The van der Waals surface area contributed by atoms with Crippen LogP contribution in [0.4, 0.5) is 8.78 Å². The molecule has 0 aliphatic rings. The summed E-state index contributed by atoms with van der Waals surface area (Å²) in [6.07, 6.45) is 5.40. The molecule has 0 bridgehead atoms. The lowest BCUT2D eigenvalue weighted by Gasteiger charge is -2.28. The van der Waals surface area contributed by atoms with Crippen LogP contribution in [0, 0.1) is 11.6 Å². The topological polar surface area (TPSA) is 145 Å². The highest BCUT2D eigenvalue weighted by Crippen LogP contribution is 2.28. The minimum atomic E-state index is -1.70. The Kier molecular flexibility index (Phi) is 6.62. The number of aromatic nitrogens is 6. The maximum Gasteiger partial charge on any atom is 0.317 e. The van der Waals surface area contributed by atoms with Gasteiger partial charge in [-0.2, -0.15) is 10.2 Å². The molecular weight excluding hydrogens is 364 g/mol. The van der Waals surface area contributed by atoms with Gasteiger partial charge in [0.05, 0.1) is 19.6 Å². The van der Waals surface area contributed by atoms with Crippen molar-refractivity contribution in [1.29, 1.82) is 0 Å². The lowest BCUT2D eigenvalue weighted by molar-refractivity contribution is -0.135. The molecular formula is C15H17F2N7O3. The van der Waals surface area contributed by atoms with Gasteiger partial charge in [0.1, 0.15) is 42.5 Å². The fourth-order valence-electron chi connectivity index (χ4n) is 2.25. The van der Waals surface area contributed by atoms with Crippen molar-refractivity contribution in [2.75, 3.05) is 6.54 Å². The molecule has 0 radical (unpaired) electrons. The molecule has 0 saturated carbocycles. The van der Waals surface area contributed by atoms with Crippen LogP contribution < -0.4 is 5.73 Å². The van der Waals surface area contributed by atoms with Gasteiger partial charge >= 0.3 is 5.97 Å². The minimum absolute atomic E-state index is 0.0556. The van der Waals surface area contributed by atoms with Gasteiger partial charge in [-0.15, -0.1) is 0 Å². The van der Waals surface area contributed by atoms with E-state index in [1.165, 1.54) is 40.7 Å². The first-order chi connectivity index (χ1) is 12.8. The summed E-state index contributed by atoms with van der Waals surface area (Å²) in [6.45, 7) is -0.426. The van der Waals surface area contributed by atoms with Crippen LogP contribution in [0.3, 0.4) is 0 Å². The van der Waals surface area contributed by atoms with Gasteiger partial charge in [0.25, 0.3) is 0 Å². The summed E-state index contributed by atoms with van der Waals surface area (Å²) in [5.41, 5.74) is 2.82. The fraction of sp³-hybridized carbons (Fsp3) is 0.267. The lowest BCUT2D eigenvalue weighted by Crippen LogP contribution is -2.37. The summed E-state index contributed by atoms with van der Waals surface area (Å²) < 4.78 is 29.9. The number of hydrogen-bond acceptors (Lipinski definition) is 7. The fourth-order valence-corrected chi connectivity index (χ4v) is 2.25. The second kappa shape index (κ2) is 8.91. The molecule has 12 heteroatoms. The summed E-state index contributed by atoms with van der Waals surface area (Å²) in [5.74, 6) is -2.53. The van der Waals surface area contributed by atoms with Crippen molar-refractivity contribution in [1.82, 2.24) is 29.5 Å². The number of carboxylic acid groups (broad SMARTS) is 1. The molecule has 0 fully saturated rings. The normalized spacial score (nSPS) is 11.0. The molecule has 0 saturated heterocycles. The Labute approximate surface area is 151 Å². The van der Waals surface area contributed by atoms with Gasteiger partial charge in [-0.3, -0.25) is 4.79 Å². The maximum absolute atomic E-state index is 14.1. The summed E-state index contributed by atoms with van der Waals surface area (Å²) in [4.78, 5) is 16.8. The number of benzene rings is 1. The van der Waals surface area contributed by atoms with E-state index in [4.69, 9.17) is 5.11 Å². The van der Waals surface area contributed by atoms with Crippen molar-refractivity contribution in [2.24, 2.45) is 5.73 Å². The Morgan fingerprint density at radius 1 is 1.11 bits per heavy atom. The first-order valence-electron chi connectivity index (χ1n) is 7.58. The van der Waals surface area contributed by atoms with Crippen LogP contribution in [0.5, 0.6) is 0 Å². The van der Waals surface area contributed by atoms with Crippen molar-refractivity contribution >= 4 is 5.97 Å². The first-order valence-corrected chi connectivity index (χ1v) is 7.58. The summed E-state index contributed by atoms with van der Waals surface area (Å²) in [7, 11) is 0. The first kappa shape index (κ1) is 20.1. The standard InChI is InChI=1S/C13H12F2N6O.C2H5NO2/c14-10-1-2-11(12(15)3-10)13(22,4-20-8-16-6-18-20)5-21-9-17-7-19-21;3-1-2(4)5/h1-3,6-9,22H,4-5H2;1,3H2,(H,4,5). The van der Waals surface area contributed by atoms with Crippen molar-refractivity contribution < 1.29 is 23.8 Å². The molecule has 0 unspecified atom stereocenters. The second-order valence-corrected chi connectivity index (χ2v) is 5.44. The van der Waals surface area contributed by atoms with E-state index >= 15 is 0 Å². The Morgan fingerprint density at radius 3 is 2.00 bits per heavy atom. The maximum atomic E-state index is 14.1. The van der Waals surface area contributed by atoms with E-state index in [1.54, 1.807) is 0 Å². The number of hydrogen-bond donors (Lipinski definition) is 3. The van der Waals surface area contributed by atoms with Crippen molar-refractivity contribution in [3.05, 3.63) is 60.7 Å². The van der Waals surface area contributed by atoms with E-state index in [-0.39, 0.29) is 25.2 Å². The predicted octanol–water partition coefficient (Wildman–Crippen LogP) is -0.234. The molecule has 144 valence electrons. The largest absolute Gasteiger partial charge is 0.480 e. The molecule has 1 aromatic carbocycles. The van der Waals surface area contributed by atoms with Gasteiger partial charge in [0.2, 0.25) is 0 Å². The Morgan fingerprint density at radius 2 is 1.63 bits per heavy atom. The average molecular weight is 381 g/mol. The third-order valence-electron chi connectivity index (χ3n) is 3.39. The monoisotopic (exact) mass is 381 g/mol. The van der Waals surface area contributed by atoms with Gasteiger partial charge in [0.15, 0.2) is 0 Å². The number of nitrogens with zero attached hydrogens (tertiary/aromatic N) is 6. The molecule has 3 rings (SSSR count). The quantitative estimate of drug-likeness (QED) is 0.531. The van der Waals surface area contributed by atoms with Gasteiger partial charge in [-0.25, -0.2) is 28.1 Å². The molecule has 27 heavy (non-hydrogen) atoms. The molecule has 2 aromatic heterocycles. The predicted molar refractivity (Wildman–Crippen MR) is 87.0 cm³/mol. The van der Waals surface area contributed by atoms with Crippen LogP contribution in [0.2, 0.25) is 0 Å². The van der Waals surface area contributed by atoms with Crippen LogP contribution in [0.15, 0.2) is 43.5 Å². The Balaban J connectivity index is 0.000000465. The summed E-state index contributed by atoms with van der Waals surface area (Å²) >= 11 is 0. The highest BCUT2D eigenvalue weighted by Gasteiger charge is 2.34. The van der Waals surface area contributed by atoms with Crippen LogP contribution in [-0.4, -0.2) is 52.3 Å². The van der Waals surface area contributed by atoms with Gasteiger partial charge in [0, 0.05) is 11.6 Å². The molecule has 2 heterocycles. The molecule has 0 aliphatic carbocycles. The van der Waals surface area contributed by atoms with Crippen LogP contribution in [-0.2, 0) is 23.5 Å². The van der Waals surface area contributed by atoms with Gasteiger partial charge in [-0.05, 0) is 6.07 Å². The van der Waals surface area contributed by atoms with E-state index in [1.807, 2.05) is 0 Å². The number of carboxylic acids is 1.